The number of imidazole rings is 1. The molecule has 2 atom stereocenters. The van der Waals surface area contributed by atoms with Gasteiger partial charge in [-0.2, -0.15) is 0 Å². The number of aliphatic hydroxyl groups is 1. The molecule has 10 heteroatoms. The van der Waals surface area contributed by atoms with Crippen molar-refractivity contribution in [2.24, 2.45) is 0 Å². The Morgan fingerprint density at radius 2 is 2.09 bits per heavy atom. The predicted octanol–water partition coefficient (Wildman–Crippen LogP) is 2.69. The lowest BCUT2D eigenvalue weighted by atomic mass is 9.99. The van der Waals surface area contributed by atoms with E-state index in [1.807, 2.05) is 39.8 Å². The first-order valence-electron chi connectivity index (χ1n) is 11.1. The molecule has 0 bridgehead atoms. The van der Waals surface area contributed by atoms with Crippen LogP contribution in [0.5, 0.6) is 0 Å². The van der Waals surface area contributed by atoms with Crippen LogP contribution in [0.4, 0.5) is 21.6 Å². The molecule has 0 unspecified atom stereocenters. The van der Waals surface area contributed by atoms with E-state index in [0.29, 0.717) is 30.2 Å². The summed E-state index contributed by atoms with van der Waals surface area (Å²) in [5.74, 6) is 0.407. The Hall–Kier alpha value is -4.05. The molecule has 172 valence electrons. The van der Waals surface area contributed by atoms with Crippen molar-refractivity contribution >= 4 is 28.7 Å². The number of benzene rings is 1. The normalized spacial score (nSPS) is 19.8. The number of β-amino-alcohol motifs (C(OH)–C–C–N with tert-alkyl or cyclic N) is 1. The quantitative estimate of drug-likeness (QED) is 0.431. The molecule has 1 amide bonds. The molecule has 4 aromatic rings. The average molecular weight is 459 g/mol. The minimum atomic E-state index is -1.19. The van der Waals surface area contributed by atoms with Crippen molar-refractivity contribution in [3.8, 4) is 11.3 Å². The molecular weight excluding hydrogens is 437 g/mol. The Bertz CT molecular complexity index is 1410. The van der Waals surface area contributed by atoms with Gasteiger partial charge in [0.25, 0.3) is 5.91 Å². The number of alkyl halides is 1. The molecule has 3 N–H and O–H groups in total. The molecule has 2 aliphatic heterocycles. The second kappa shape index (κ2) is 8.07. The SMILES string of the molecule is O=C1NCc2c(-c3cnc4cnccn34)ccc(Nc3cc(N4CC[C@H](F)[C@@H](O)C4)ccn3)c21. The van der Waals surface area contributed by atoms with Crippen LogP contribution in [0.1, 0.15) is 22.3 Å². The monoisotopic (exact) mass is 459 g/mol. The Kier molecular flexibility index (Phi) is 4.88. The standard InChI is InChI=1S/C24H22FN7O2/c25-17-4-7-31(13-20(17)33)14-3-5-27-21(9-14)30-18-2-1-15(16-10-29-24(34)23(16)18)19-11-28-22-12-26-6-8-32(19)22/h1-3,5-6,8-9,11-12,17,20,33H,4,7,10,13H2,(H,27,30)(H,29,34)/t17-,20-/m0/s1. The van der Waals surface area contributed by atoms with Gasteiger partial charge < -0.3 is 20.6 Å². The van der Waals surface area contributed by atoms with Crippen LogP contribution in [0.25, 0.3) is 16.9 Å². The Morgan fingerprint density at radius 1 is 1.18 bits per heavy atom. The topological polar surface area (TPSA) is 108 Å². The number of pyridine rings is 1. The number of aromatic nitrogens is 4. The Morgan fingerprint density at radius 3 is 2.97 bits per heavy atom. The highest BCUT2D eigenvalue weighted by Gasteiger charge is 2.29. The van der Waals surface area contributed by atoms with Crippen molar-refractivity contribution in [2.45, 2.75) is 25.2 Å². The second-order valence-corrected chi connectivity index (χ2v) is 8.49. The first-order chi connectivity index (χ1) is 16.6. The molecule has 1 fully saturated rings. The second-order valence-electron chi connectivity index (χ2n) is 8.49. The largest absolute Gasteiger partial charge is 0.388 e. The van der Waals surface area contributed by atoms with Gasteiger partial charge in [-0.3, -0.25) is 14.2 Å². The van der Waals surface area contributed by atoms with Gasteiger partial charge >= 0.3 is 0 Å². The molecule has 6 rings (SSSR count). The van der Waals surface area contributed by atoms with Gasteiger partial charge in [-0.25, -0.2) is 14.4 Å². The summed E-state index contributed by atoms with van der Waals surface area (Å²) in [5, 5.41) is 16.1. The zero-order chi connectivity index (χ0) is 23.2. The van der Waals surface area contributed by atoms with E-state index in [0.717, 1.165) is 28.2 Å². The van der Waals surface area contributed by atoms with Gasteiger partial charge in [-0.1, -0.05) is 6.07 Å². The van der Waals surface area contributed by atoms with Crippen LogP contribution >= 0.6 is 0 Å². The molecule has 1 saturated heterocycles. The van der Waals surface area contributed by atoms with E-state index >= 15 is 0 Å². The maximum absolute atomic E-state index is 13.7. The molecule has 0 saturated carbocycles. The minimum absolute atomic E-state index is 0.154. The van der Waals surface area contributed by atoms with Crippen molar-refractivity contribution in [1.29, 1.82) is 0 Å². The number of nitrogens with zero attached hydrogens (tertiary/aromatic N) is 5. The lowest BCUT2D eigenvalue weighted by molar-refractivity contribution is 0.0645. The highest BCUT2D eigenvalue weighted by molar-refractivity contribution is 6.06. The number of aliphatic hydroxyl groups excluding tert-OH is 1. The van der Waals surface area contributed by atoms with Crippen LogP contribution in [0, 0.1) is 0 Å². The predicted molar refractivity (Wildman–Crippen MR) is 125 cm³/mol. The summed E-state index contributed by atoms with van der Waals surface area (Å²) in [6, 6.07) is 7.51. The van der Waals surface area contributed by atoms with Gasteiger partial charge in [0.2, 0.25) is 0 Å². The van der Waals surface area contributed by atoms with Crippen LogP contribution in [-0.2, 0) is 6.54 Å². The fourth-order valence-corrected chi connectivity index (χ4v) is 4.69. The Balaban J connectivity index is 1.34. The van der Waals surface area contributed by atoms with Gasteiger partial charge in [0.05, 0.1) is 29.3 Å². The van der Waals surface area contributed by atoms with Gasteiger partial charge in [0, 0.05) is 55.5 Å². The summed E-state index contributed by atoms with van der Waals surface area (Å²) in [5.41, 5.74) is 5.47. The van der Waals surface area contributed by atoms with Crippen LogP contribution in [0.3, 0.4) is 0 Å². The summed E-state index contributed by atoms with van der Waals surface area (Å²) >= 11 is 0. The van der Waals surface area contributed by atoms with Crippen LogP contribution < -0.4 is 15.5 Å². The number of halogens is 1. The number of carbonyl (C=O) groups is 1. The average Bonchev–Trinajstić information content (AvgIpc) is 3.46. The first kappa shape index (κ1) is 20.5. The molecule has 3 aromatic heterocycles. The molecule has 0 spiro atoms. The van der Waals surface area contributed by atoms with Gasteiger partial charge in [0.15, 0.2) is 5.65 Å². The first-order valence-corrected chi connectivity index (χ1v) is 11.1. The number of hydrogen-bond donors (Lipinski definition) is 3. The number of amides is 1. The number of piperidine rings is 1. The van der Waals surface area contributed by atoms with Crippen LogP contribution in [0.15, 0.2) is 55.2 Å². The third kappa shape index (κ3) is 3.43. The highest BCUT2D eigenvalue weighted by Crippen LogP contribution is 2.35. The van der Waals surface area contributed by atoms with Crippen molar-refractivity contribution in [3.05, 3.63) is 66.4 Å². The zero-order valence-corrected chi connectivity index (χ0v) is 18.1. The molecular formula is C24H22FN7O2. The van der Waals surface area contributed by atoms with E-state index in [1.54, 1.807) is 24.8 Å². The van der Waals surface area contributed by atoms with Crippen molar-refractivity contribution < 1.29 is 14.3 Å². The van der Waals surface area contributed by atoms with Crippen LogP contribution in [-0.4, -0.2) is 55.7 Å². The number of anilines is 3. The van der Waals surface area contributed by atoms with Gasteiger partial charge in [-0.15, -0.1) is 0 Å². The van der Waals surface area contributed by atoms with E-state index in [9.17, 15) is 14.3 Å². The third-order valence-electron chi connectivity index (χ3n) is 6.43. The molecule has 1 aromatic carbocycles. The fraction of sp³-hybridized carbons (Fsp3) is 0.250. The van der Waals surface area contributed by atoms with E-state index in [4.69, 9.17) is 0 Å². The maximum Gasteiger partial charge on any atom is 0.254 e. The van der Waals surface area contributed by atoms with E-state index in [-0.39, 0.29) is 18.9 Å². The number of carbonyl (C=O) groups excluding carboxylic acids is 1. The van der Waals surface area contributed by atoms with Crippen molar-refractivity contribution in [2.75, 3.05) is 23.3 Å². The van der Waals surface area contributed by atoms with Crippen LogP contribution in [0.2, 0.25) is 0 Å². The van der Waals surface area contributed by atoms with E-state index in [2.05, 4.69) is 25.6 Å². The van der Waals surface area contributed by atoms with Gasteiger partial charge in [0.1, 0.15) is 18.1 Å². The third-order valence-corrected chi connectivity index (χ3v) is 6.43. The Labute approximate surface area is 194 Å². The van der Waals surface area contributed by atoms with Gasteiger partial charge in [-0.05, 0) is 24.1 Å². The molecule has 2 aliphatic rings. The molecule has 0 aliphatic carbocycles. The molecule has 0 radical (unpaired) electrons. The summed E-state index contributed by atoms with van der Waals surface area (Å²) in [4.78, 5) is 27.6. The van der Waals surface area contributed by atoms with Crippen molar-refractivity contribution in [1.82, 2.24) is 24.7 Å². The highest BCUT2D eigenvalue weighted by atomic mass is 19.1. The number of rotatable bonds is 4. The smallest absolute Gasteiger partial charge is 0.254 e. The van der Waals surface area contributed by atoms with Crippen molar-refractivity contribution in [3.63, 3.8) is 0 Å². The lowest BCUT2D eigenvalue weighted by Crippen LogP contribution is -2.45. The lowest BCUT2D eigenvalue weighted by Gasteiger charge is -2.34. The number of fused-ring (bicyclic) bond motifs is 2. The number of nitrogens with one attached hydrogen (secondary N) is 2. The number of hydrogen-bond acceptors (Lipinski definition) is 7. The molecule has 5 heterocycles. The summed E-state index contributed by atoms with van der Waals surface area (Å²) in [7, 11) is 0. The summed E-state index contributed by atoms with van der Waals surface area (Å²) in [6.45, 7) is 1.16. The van der Waals surface area contributed by atoms with E-state index < -0.39 is 12.3 Å². The van der Waals surface area contributed by atoms with E-state index in [1.165, 1.54) is 0 Å². The molecule has 9 nitrogen and oxygen atoms in total. The minimum Gasteiger partial charge on any atom is -0.388 e. The summed E-state index contributed by atoms with van der Waals surface area (Å²) < 4.78 is 15.6. The summed E-state index contributed by atoms with van der Waals surface area (Å²) in [6.07, 6.45) is 6.75. The maximum atomic E-state index is 13.7. The fourth-order valence-electron chi connectivity index (χ4n) is 4.69. The zero-order valence-electron chi connectivity index (χ0n) is 18.1. The molecule has 34 heavy (non-hydrogen) atoms.